The lowest BCUT2D eigenvalue weighted by atomic mass is 10.2. The second kappa shape index (κ2) is 4.56. The van der Waals surface area contributed by atoms with Gasteiger partial charge in [-0.15, -0.1) is 0 Å². The van der Waals surface area contributed by atoms with E-state index in [0.29, 0.717) is 0 Å². The molecular weight excluding hydrogens is 169 g/mol. The molecule has 0 aliphatic carbocycles. The Morgan fingerprint density at radius 2 is 1.70 bits per heavy atom. The molecule has 0 bridgehead atoms. The van der Waals surface area contributed by atoms with Crippen molar-refractivity contribution in [3.05, 3.63) is 34.9 Å². The summed E-state index contributed by atoms with van der Waals surface area (Å²) in [6.07, 6.45) is 0. The van der Waals surface area contributed by atoms with Gasteiger partial charge in [-0.3, -0.25) is 0 Å². The molecule has 0 amide bonds. The quantitative estimate of drug-likeness (QED) is 0.519. The maximum absolute atomic E-state index is 5.65. The van der Waals surface area contributed by atoms with Gasteiger partial charge in [-0.05, 0) is 12.1 Å². The SMILES string of the molecule is [Cl-].[NH3+]Cc1ccc(Cl)cc1. The van der Waals surface area contributed by atoms with Gasteiger partial charge >= 0.3 is 0 Å². The molecular formula is C7H9Cl2N. The molecule has 3 heteroatoms. The summed E-state index contributed by atoms with van der Waals surface area (Å²) in [5.74, 6) is 0. The molecule has 56 valence electrons. The minimum Gasteiger partial charge on any atom is -1.00 e. The van der Waals surface area contributed by atoms with Gasteiger partial charge in [0.1, 0.15) is 0 Å². The molecule has 10 heavy (non-hydrogen) atoms. The number of quaternary nitrogens is 1. The van der Waals surface area contributed by atoms with Crippen molar-refractivity contribution in [3.8, 4) is 0 Å². The standard InChI is InChI=1S/C7H8ClN.ClH/c8-7-3-1-6(5-9)2-4-7;/h1-4H,5,9H2;1H. The predicted octanol–water partition coefficient (Wildman–Crippen LogP) is -1.91. The summed E-state index contributed by atoms with van der Waals surface area (Å²) in [7, 11) is 0. The number of halogens is 2. The van der Waals surface area contributed by atoms with E-state index in [4.69, 9.17) is 11.6 Å². The number of benzene rings is 1. The molecule has 1 aromatic rings. The van der Waals surface area contributed by atoms with Gasteiger partial charge in [0, 0.05) is 10.6 Å². The Labute approximate surface area is 71.6 Å². The fraction of sp³-hybridized carbons (Fsp3) is 0.143. The second-order valence-corrected chi connectivity index (χ2v) is 2.31. The Bertz CT molecular complexity index is 183. The summed E-state index contributed by atoms with van der Waals surface area (Å²) in [6, 6.07) is 7.72. The van der Waals surface area contributed by atoms with Gasteiger partial charge in [-0.2, -0.15) is 0 Å². The van der Waals surface area contributed by atoms with Gasteiger partial charge in [0.05, 0.1) is 6.54 Å². The van der Waals surface area contributed by atoms with Crippen molar-refractivity contribution in [3.63, 3.8) is 0 Å². The fourth-order valence-corrected chi connectivity index (χ4v) is 0.777. The van der Waals surface area contributed by atoms with Crippen LogP contribution in [0.1, 0.15) is 5.56 Å². The van der Waals surface area contributed by atoms with E-state index in [-0.39, 0.29) is 12.4 Å². The minimum atomic E-state index is 0. The molecule has 0 saturated heterocycles. The number of hydrogen-bond donors (Lipinski definition) is 1. The molecule has 0 radical (unpaired) electrons. The van der Waals surface area contributed by atoms with E-state index in [0.717, 1.165) is 11.6 Å². The van der Waals surface area contributed by atoms with Crippen LogP contribution in [0.5, 0.6) is 0 Å². The van der Waals surface area contributed by atoms with Crippen LogP contribution in [0.2, 0.25) is 5.02 Å². The van der Waals surface area contributed by atoms with Gasteiger partial charge in [0.15, 0.2) is 0 Å². The van der Waals surface area contributed by atoms with Crippen molar-refractivity contribution in [1.82, 2.24) is 0 Å². The molecule has 1 aromatic carbocycles. The van der Waals surface area contributed by atoms with Gasteiger partial charge in [0.2, 0.25) is 0 Å². The van der Waals surface area contributed by atoms with Gasteiger partial charge in [-0.1, -0.05) is 23.7 Å². The van der Waals surface area contributed by atoms with E-state index in [1.165, 1.54) is 5.56 Å². The lowest BCUT2D eigenvalue weighted by Crippen LogP contribution is -3.00. The van der Waals surface area contributed by atoms with Crippen LogP contribution in [0, 0.1) is 0 Å². The zero-order chi connectivity index (χ0) is 6.69. The van der Waals surface area contributed by atoms with Crippen LogP contribution in [0.3, 0.4) is 0 Å². The molecule has 0 heterocycles. The van der Waals surface area contributed by atoms with Crippen LogP contribution in [-0.2, 0) is 6.54 Å². The first kappa shape index (κ1) is 9.76. The largest absolute Gasteiger partial charge is 1.00 e. The van der Waals surface area contributed by atoms with Crippen molar-refractivity contribution < 1.29 is 18.1 Å². The van der Waals surface area contributed by atoms with E-state index in [1.54, 1.807) is 0 Å². The van der Waals surface area contributed by atoms with E-state index in [2.05, 4.69) is 5.73 Å². The number of hydrogen-bond acceptors (Lipinski definition) is 0. The fourth-order valence-electron chi connectivity index (χ4n) is 0.651. The monoisotopic (exact) mass is 177 g/mol. The third kappa shape index (κ3) is 2.56. The average Bonchev–Trinajstić information content (AvgIpc) is 1.90. The molecule has 0 unspecified atom stereocenters. The third-order valence-electron chi connectivity index (χ3n) is 1.20. The Morgan fingerprint density at radius 1 is 1.20 bits per heavy atom. The van der Waals surface area contributed by atoms with Gasteiger partial charge < -0.3 is 18.1 Å². The highest BCUT2D eigenvalue weighted by molar-refractivity contribution is 6.30. The normalized spacial score (nSPS) is 8.60. The molecule has 0 fully saturated rings. The minimum absolute atomic E-state index is 0. The molecule has 0 saturated carbocycles. The molecule has 1 rings (SSSR count). The van der Waals surface area contributed by atoms with E-state index >= 15 is 0 Å². The third-order valence-corrected chi connectivity index (χ3v) is 1.45. The van der Waals surface area contributed by atoms with E-state index < -0.39 is 0 Å². The van der Waals surface area contributed by atoms with Crippen molar-refractivity contribution in [2.24, 2.45) is 0 Å². The molecule has 3 N–H and O–H groups in total. The lowest BCUT2D eigenvalue weighted by Gasteiger charge is -1.91. The van der Waals surface area contributed by atoms with Gasteiger partial charge in [0.25, 0.3) is 0 Å². The first-order valence-corrected chi connectivity index (χ1v) is 3.24. The van der Waals surface area contributed by atoms with Crippen molar-refractivity contribution >= 4 is 11.6 Å². The van der Waals surface area contributed by atoms with Crippen LogP contribution in [0.25, 0.3) is 0 Å². The zero-order valence-electron chi connectivity index (χ0n) is 5.48. The zero-order valence-corrected chi connectivity index (χ0v) is 6.99. The topological polar surface area (TPSA) is 27.6 Å². The Balaban J connectivity index is 0.000000810. The maximum atomic E-state index is 5.65. The van der Waals surface area contributed by atoms with Crippen LogP contribution < -0.4 is 18.1 Å². The summed E-state index contributed by atoms with van der Waals surface area (Å²) in [6.45, 7) is 0.831. The van der Waals surface area contributed by atoms with Crippen LogP contribution in [-0.4, -0.2) is 0 Å². The average molecular weight is 178 g/mol. The molecule has 0 atom stereocenters. The van der Waals surface area contributed by atoms with Crippen LogP contribution >= 0.6 is 11.6 Å². The second-order valence-electron chi connectivity index (χ2n) is 1.88. The Kier molecular flexibility index (Phi) is 4.45. The molecule has 0 aliphatic rings. The van der Waals surface area contributed by atoms with Crippen molar-refractivity contribution in [1.29, 1.82) is 0 Å². The van der Waals surface area contributed by atoms with E-state index in [1.807, 2.05) is 24.3 Å². The van der Waals surface area contributed by atoms with Crippen molar-refractivity contribution in [2.75, 3.05) is 0 Å². The lowest BCUT2D eigenvalue weighted by molar-refractivity contribution is -0.386. The Hall–Kier alpha value is -0.240. The highest BCUT2D eigenvalue weighted by Crippen LogP contribution is 2.07. The summed E-state index contributed by atoms with van der Waals surface area (Å²) in [5.41, 5.74) is 4.96. The van der Waals surface area contributed by atoms with Gasteiger partial charge in [-0.25, -0.2) is 0 Å². The first-order valence-electron chi connectivity index (χ1n) is 2.86. The number of rotatable bonds is 1. The van der Waals surface area contributed by atoms with Crippen LogP contribution in [0.4, 0.5) is 0 Å². The van der Waals surface area contributed by atoms with Crippen LogP contribution in [0.15, 0.2) is 24.3 Å². The smallest absolute Gasteiger partial charge is 0.0997 e. The van der Waals surface area contributed by atoms with Crippen molar-refractivity contribution in [2.45, 2.75) is 6.54 Å². The Morgan fingerprint density at radius 3 is 2.10 bits per heavy atom. The highest BCUT2D eigenvalue weighted by atomic mass is 35.5. The molecule has 0 aromatic heterocycles. The first-order chi connectivity index (χ1) is 4.33. The highest BCUT2D eigenvalue weighted by Gasteiger charge is 1.88. The molecule has 1 nitrogen and oxygen atoms in total. The predicted molar refractivity (Wildman–Crippen MR) is 38.0 cm³/mol. The summed E-state index contributed by atoms with van der Waals surface area (Å²) in [4.78, 5) is 0. The summed E-state index contributed by atoms with van der Waals surface area (Å²) < 4.78 is 0. The molecule has 0 aliphatic heterocycles. The van der Waals surface area contributed by atoms with E-state index in [9.17, 15) is 0 Å². The maximum Gasteiger partial charge on any atom is 0.0997 e. The summed E-state index contributed by atoms with van der Waals surface area (Å²) in [5, 5.41) is 0.784. The molecule has 0 spiro atoms. The summed E-state index contributed by atoms with van der Waals surface area (Å²) >= 11 is 5.65.